The molecule has 0 bridgehead atoms. The van der Waals surface area contributed by atoms with Gasteiger partial charge in [-0.15, -0.1) is 0 Å². The molecule has 0 unspecified atom stereocenters. The molecule has 0 saturated heterocycles. The van der Waals surface area contributed by atoms with Gasteiger partial charge in [0.1, 0.15) is 0 Å². The Morgan fingerprint density at radius 3 is 1.29 bits per heavy atom. The van der Waals surface area contributed by atoms with Crippen LogP contribution in [0, 0.1) is 0 Å². The van der Waals surface area contributed by atoms with Crippen LogP contribution in [-0.2, 0) is 9.47 Å². The van der Waals surface area contributed by atoms with Gasteiger partial charge in [-0.25, -0.2) is 0 Å². The summed E-state index contributed by atoms with van der Waals surface area (Å²) in [6.45, 7) is 14.3. The molecule has 0 aromatic rings. The van der Waals surface area contributed by atoms with Crippen LogP contribution in [0.2, 0.25) is 0 Å². The summed E-state index contributed by atoms with van der Waals surface area (Å²) in [5, 5.41) is 0. The quantitative estimate of drug-likeness (QED) is 0.615. The van der Waals surface area contributed by atoms with Gasteiger partial charge < -0.3 is 9.47 Å². The molecular formula is C12H28O2. The van der Waals surface area contributed by atoms with Crippen molar-refractivity contribution in [2.45, 2.75) is 66.6 Å². The predicted octanol–water partition coefficient (Wildman–Crippen LogP) is 3.64. The van der Waals surface area contributed by atoms with Crippen molar-refractivity contribution in [2.75, 3.05) is 13.2 Å². The van der Waals surface area contributed by atoms with E-state index in [0.717, 1.165) is 26.1 Å². The average molecular weight is 204 g/mol. The maximum atomic E-state index is 5.25. The van der Waals surface area contributed by atoms with Crippen molar-refractivity contribution in [1.29, 1.82) is 0 Å². The standard InChI is InChI=1S/2C6H14O/c1-5(2)7-6(3)4;1-3-5-7-6-4-2/h5-6H,1-4H3;3-6H2,1-2H3. The molecule has 0 atom stereocenters. The van der Waals surface area contributed by atoms with Gasteiger partial charge in [0.15, 0.2) is 0 Å². The van der Waals surface area contributed by atoms with Crippen molar-refractivity contribution in [2.24, 2.45) is 0 Å². The zero-order chi connectivity index (χ0) is 11.4. The molecule has 0 aromatic heterocycles. The smallest absolute Gasteiger partial charge is 0.0522 e. The zero-order valence-corrected chi connectivity index (χ0v) is 10.8. The summed E-state index contributed by atoms with van der Waals surface area (Å²) < 4.78 is 10.4. The van der Waals surface area contributed by atoms with Gasteiger partial charge in [-0.3, -0.25) is 0 Å². The third-order valence-electron chi connectivity index (χ3n) is 1.24. The van der Waals surface area contributed by atoms with E-state index in [0.29, 0.717) is 12.2 Å². The Kier molecular flexibility index (Phi) is 15.1. The van der Waals surface area contributed by atoms with Crippen molar-refractivity contribution < 1.29 is 9.47 Å². The Hall–Kier alpha value is -0.0800. The Labute approximate surface area is 90.0 Å². The molecule has 0 saturated carbocycles. The van der Waals surface area contributed by atoms with Crippen LogP contribution in [0.1, 0.15) is 54.4 Å². The fourth-order valence-corrected chi connectivity index (χ4v) is 0.935. The van der Waals surface area contributed by atoms with E-state index >= 15 is 0 Å². The summed E-state index contributed by atoms with van der Waals surface area (Å²) in [6.07, 6.45) is 3.03. The predicted molar refractivity (Wildman–Crippen MR) is 62.8 cm³/mol. The molecule has 0 rings (SSSR count). The first-order chi connectivity index (χ1) is 6.54. The minimum absolute atomic E-state index is 0.375. The minimum Gasteiger partial charge on any atom is -0.381 e. The van der Waals surface area contributed by atoms with Crippen LogP contribution in [0.5, 0.6) is 0 Å². The van der Waals surface area contributed by atoms with Gasteiger partial charge in [0, 0.05) is 13.2 Å². The van der Waals surface area contributed by atoms with Gasteiger partial charge in [-0.2, -0.15) is 0 Å². The maximum absolute atomic E-state index is 5.25. The molecule has 0 radical (unpaired) electrons. The van der Waals surface area contributed by atoms with Gasteiger partial charge in [0.2, 0.25) is 0 Å². The molecule has 0 aliphatic rings. The molecule has 0 amide bonds. The third kappa shape index (κ3) is 22.7. The van der Waals surface area contributed by atoms with E-state index in [2.05, 4.69) is 13.8 Å². The molecule has 0 heterocycles. The van der Waals surface area contributed by atoms with Crippen LogP contribution in [0.15, 0.2) is 0 Å². The summed E-state index contributed by atoms with van der Waals surface area (Å²) in [5.41, 5.74) is 0. The zero-order valence-electron chi connectivity index (χ0n) is 10.8. The van der Waals surface area contributed by atoms with E-state index in [1.54, 1.807) is 0 Å². The Bertz CT molecular complexity index is 80.3. The maximum Gasteiger partial charge on any atom is 0.0522 e. The molecule has 0 aliphatic heterocycles. The first kappa shape index (κ1) is 16.4. The van der Waals surface area contributed by atoms with Crippen LogP contribution < -0.4 is 0 Å². The Morgan fingerprint density at radius 2 is 1.14 bits per heavy atom. The van der Waals surface area contributed by atoms with Gasteiger partial charge >= 0.3 is 0 Å². The summed E-state index contributed by atoms with van der Waals surface area (Å²) in [5.74, 6) is 0. The Morgan fingerprint density at radius 1 is 0.786 bits per heavy atom. The van der Waals surface area contributed by atoms with E-state index in [4.69, 9.17) is 9.47 Å². The van der Waals surface area contributed by atoms with Crippen LogP contribution in [0.4, 0.5) is 0 Å². The highest BCUT2D eigenvalue weighted by atomic mass is 16.5. The highest BCUT2D eigenvalue weighted by molar-refractivity contribution is 4.40. The molecule has 0 spiro atoms. The van der Waals surface area contributed by atoms with Crippen molar-refractivity contribution in [1.82, 2.24) is 0 Å². The molecule has 0 N–H and O–H groups in total. The van der Waals surface area contributed by atoms with E-state index in [-0.39, 0.29) is 0 Å². The summed E-state index contributed by atoms with van der Waals surface area (Å²) in [7, 11) is 0. The van der Waals surface area contributed by atoms with Crippen LogP contribution in [0.25, 0.3) is 0 Å². The second-order valence-electron chi connectivity index (χ2n) is 3.85. The van der Waals surface area contributed by atoms with Gasteiger partial charge in [-0.1, -0.05) is 13.8 Å². The van der Waals surface area contributed by atoms with E-state index in [1.807, 2.05) is 27.7 Å². The van der Waals surface area contributed by atoms with E-state index in [1.165, 1.54) is 0 Å². The second kappa shape index (κ2) is 12.9. The molecular weight excluding hydrogens is 176 g/mol. The molecule has 0 aliphatic carbocycles. The number of ether oxygens (including phenoxy) is 2. The first-order valence-electron chi connectivity index (χ1n) is 5.77. The van der Waals surface area contributed by atoms with E-state index < -0.39 is 0 Å². The first-order valence-corrected chi connectivity index (χ1v) is 5.77. The summed E-state index contributed by atoms with van der Waals surface area (Å²) >= 11 is 0. The number of hydrogen-bond donors (Lipinski definition) is 0. The summed E-state index contributed by atoms with van der Waals surface area (Å²) in [6, 6.07) is 0. The normalized spacial score (nSPS) is 10.3. The number of rotatable bonds is 6. The molecule has 2 nitrogen and oxygen atoms in total. The monoisotopic (exact) mass is 204 g/mol. The lowest BCUT2D eigenvalue weighted by Crippen LogP contribution is -2.09. The van der Waals surface area contributed by atoms with Gasteiger partial charge in [0.25, 0.3) is 0 Å². The molecule has 14 heavy (non-hydrogen) atoms. The molecule has 88 valence electrons. The van der Waals surface area contributed by atoms with Crippen LogP contribution in [0.3, 0.4) is 0 Å². The van der Waals surface area contributed by atoms with Crippen LogP contribution >= 0.6 is 0 Å². The van der Waals surface area contributed by atoms with Crippen molar-refractivity contribution in [3.8, 4) is 0 Å². The van der Waals surface area contributed by atoms with E-state index in [9.17, 15) is 0 Å². The molecule has 0 fully saturated rings. The lowest BCUT2D eigenvalue weighted by molar-refractivity contribution is 0.0300. The van der Waals surface area contributed by atoms with Crippen LogP contribution in [-0.4, -0.2) is 25.4 Å². The largest absolute Gasteiger partial charge is 0.381 e. The van der Waals surface area contributed by atoms with Crippen molar-refractivity contribution >= 4 is 0 Å². The highest BCUT2D eigenvalue weighted by Gasteiger charge is 1.94. The van der Waals surface area contributed by atoms with Gasteiger partial charge in [0.05, 0.1) is 12.2 Å². The lowest BCUT2D eigenvalue weighted by atomic mass is 10.4. The SMILES string of the molecule is CC(C)OC(C)C.CCCOCCC. The van der Waals surface area contributed by atoms with Crippen molar-refractivity contribution in [3.63, 3.8) is 0 Å². The average Bonchev–Trinajstić information content (AvgIpc) is 2.04. The molecule has 0 aromatic carbocycles. The highest BCUT2D eigenvalue weighted by Crippen LogP contribution is 1.93. The third-order valence-corrected chi connectivity index (χ3v) is 1.24. The molecule has 2 heteroatoms. The minimum atomic E-state index is 0.375. The fraction of sp³-hybridized carbons (Fsp3) is 1.00. The number of hydrogen-bond acceptors (Lipinski definition) is 2. The second-order valence-corrected chi connectivity index (χ2v) is 3.85. The topological polar surface area (TPSA) is 18.5 Å². The summed E-state index contributed by atoms with van der Waals surface area (Å²) in [4.78, 5) is 0. The Balaban J connectivity index is 0. The lowest BCUT2D eigenvalue weighted by Gasteiger charge is -2.09. The fourth-order valence-electron chi connectivity index (χ4n) is 0.935. The van der Waals surface area contributed by atoms with Gasteiger partial charge in [-0.05, 0) is 40.5 Å². The van der Waals surface area contributed by atoms with Crippen molar-refractivity contribution in [3.05, 3.63) is 0 Å².